The lowest BCUT2D eigenvalue weighted by Gasteiger charge is -2.13. The third kappa shape index (κ3) is 8.01. The van der Waals surface area contributed by atoms with Crippen molar-refractivity contribution in [2.45, 2.75) is 33.2 Å². The summed E-state index contributed by atoms with van der Waals surface area (Å²) in [4.78, 5) is 35.3. The normalized spacial score (nSPS) is 11.5. The Morgan fingerprint density at radius 2 is 1.88 bits per heavy atom. The van der Waals surface area contributed by atoms with Gasteiger partial charge in [0.15, 0.2) is 0 Å². The molecule has 0 aliphatic heterocycles. The Hall–Kier alpha value is -2.02. The lowest BCUT2D eigenvalue weighted by Crippen LogP contribution is -2.45. The average Bonchev–Trinajstić information content (AvgIpc) is 2.52. The van der Waals surface area contributed by atoms with Gasteiger partial charge in [-0.3, -0.25) is 14.4 Å². The van der Waals surface area contributed by atoms with Crippen LogP contribution in [0.2, 0.25) is 0 Å². The van der Waals surface area contributed by atoms with E-state index in [0.29, 0.717) is 6.54 Å². The van der Waals surface area contributed by atoms with Gasteiger partial charge in [0.25, 0.3) is 0 Å². The number of hydrogen-bond acceptors (Lipinski definition) is 4. The first kappa shape index (κ1) is 20.0. The number of carbonyl (C=O) groups is 3. The Morgan fingerprint density at radius 1 is 1.17 bits per heavy atom. The van der Waals surface area contributed by atoms with Crippen molar-refractivity contribution >= 4 is 35.2 Å². The molecule has 1 aromatic rings. The third-order valence-electron chi connectivity index (χ3n) is 3.09. The van der Waals surface area contributed by atoms with Crippen molar-refractivity contribution in [3.05, 3.63) is 29.8 Å². The highest BCUT2D eigenvalue weighted by atomic mass is 32.2. The zero-order valence-electron chi connectivity index (χ0n) is 14.3. The number of rotatable bonds is 9. The van der Waals surface area contributed by atoms with Crippen LogP contribution in [0, 0.1) is 6.92 Å². The van der Waals surface area contributed by atoms with Crippen LogP contribution in [0.5, 0.6) is 0 Å². The van der Waals surface area contributed by atoms with Gasteiger partial charge in [0, 0.05) is 12.2 Å². The largest absolute Gasteiger partial charge is 0.354 e. The summed E-state index contributed by atoms with van der Waals surface area (Å²) in [6.07, 6.45) is 0.846. The summed E-state index contributed by atoms with van der Waals surface area (Å²) in [5, 5.41) is 8.12. The zero-order chi connectivity index (χ0) is 17.9. The van der Waals surface area contributed by atoms with Crippen LogP contribution in [0.1, 0.15) is 25.8 Å². The summed E-state index contributed by atoms with van der Waals surface area (Å²) >= 11 is 1.21. The molecule has 3 N–H and O–H groups in total. The second-order valence-electron chi connectivity index (χ2n) is 5.49. The first-order chi connectivity index (χ1) is 11.4. The standard InChI is InChI=1S/C17H25N3O3S/c1-4-8-18-17(23)13(3)19-15(21)10-24-11-16(22)20-14-7-5-6-12(2)9-14/h5-7,9,13H,4,8,10-11H2,1-3H3,(H,18,23)(H,19,21)(H,20,22)/t13-/m0/s1. The number of thioether (sulfide) groups is 1. The molecule has 0 heterocycles. The van der Waals surface area contributed by atoms with Crippen molar-refractivity contribution in [1.82, 2.24) is 10.6 Å². The minimum Gasteiger partial charge on any atom is -0.354 e. The highest BCUT2D eigenvalue weighted by molar-refractivity contribution is 8.00. The average molecular weight is 351 g/mol. The van der Waals surface area contributed by atoms with Gasteiger partial charge in [0.2, 0.25) is 17.7 Å². The van der Waals surface area contributed by atoms with E-state index in [0.717, 1.165) is 17.7 Å². The fourth-order valence-electron chi connectivity index (χ4n) is 1.91. The molecule has 0 radical (unpaired) electrons. The van der Waals surface area contributed by atoms with E-state index in [4.69, 9.17) is 0 Å². The van der Waals surface area contributed by atoms with Gasteiger partial charge >= 0.3 is 0 Å². The fourth-order valence-corrected chi connectivity index (χ4v) is 2.53. The van der Waals surface area contributed by atoms with E-state index in [9.17, 15) is 14.4 Å². The Balaban J connectivity index is 2.25. The van der Waals surface area contributed by atoms with Crippen LogP contribution in [-0.2, 0) is 14.4 Å². The quantitative estimate of drug-likeness (QED) is 0.632. The highest BCUT2D eigenvalue weighted by Crippen LogP contribution is 2.10. The molecule has 0 bridgehead atoms. The second kappa shape index (κ2) is 10.7. The Morgan fingerprint density at radius 3 is 2.54 bits per heavy atom. The molecule has 6 nitrogen and oxygen atoms in total. The van der Waals surface area contributed by atoms with Gasteiger partial charge in [-0.2, -0.15) is 0 Å². The van der Waals surface area contributed by atoms with E-state index in [1.807, 2.05) is 38.1 Å². The molecule has 3 amide bonds. The summed E-state index contributed by atoms with van der Waals surface area (Å²) in [5.41, 5.74) is 1.81. The first-order valence-electron chi connectivity index (χ1n) is 7.93. The number of anilines is 1. The molecule has 0 aliphatic rings. The molecule has 0 saturated heterocycles. The maximum absolute atomic E-state index is 11.8. The molecule has 1 atom stereocenters. The van der Waals surface area contributed by atoms with E-state index in [1.165, 1.54) is 11.8 Å². The van der Waals surface area contributed by atoms with Gasteiger partial charge in [-0.1, -0.05) is 19.1 Å². The molecule has 0 fully saturated rings. The summed E-state index contributed by atoms with van der Waals surface area (Å²) in [7, 11) is 0. The predicted molar refractivity (Wildman–Crippen MR) is 98.0 cm³/mol. The van der Waals surface area contributed by atoms with Gasteiger partial charge in [0.05, 0.1) is 11.5 Å². The number of aryl methyl sites for hydroxylation is 1. The molecule has 1 aromatic carbocycles. The van der Waals surface area contributed by atoms with Gasteiger partial charge in [0.1, 0.15) is 6.04 Å². The minimum atomic E-state index is -0.578. The van der Waals surface area contributed by atoms with Crippen molar-refractivity contribution in [3.8, 4) is 0 Å². The Bertz CT molecular complexity index is 578. The minimum absolute atomic E-state index is 0.132. The Labute approximate surface area is 147 Å². The van der Waals surface area contributed by atoms with E-state index in [-0.39, 0.29) is 29.2 Å². The van der Waals surface area contributed by atoms with Gasteiger partial charge in [-0.05, 0) is 38.0 Å². The lowest BCUT2D eigenvalue weighted by atomic mass is 10.2. The fraction of sp³-hybridized carbons (Fsp3) is 0.471. The molecular formula is C17H25N3O3S. The topological polar surface area (TPSA) is 87.3 Å². The summed E-state index contributed by atoms with van der Waals surface area (Å²) in [6.45, 7) is 6.14. The van der Waals surface area contributed by atoms with Crippen LogP contribution in [0.4, 0.5) is 5.69 Å². The SMILES string of the molecule is CCCNC(=O)[C@H](C)NC(=O)CSCC(=O)Nc1cccc(C)c1. The van der Waals surface area contributed by atoms with E-state index >= 15 is 0 Å². The third-order valence-corrected chi connectivity index (χ3v) is 4.02. The van der Waals surface area contributed by atoms with E-state index in [2.05, 4.69) is 16.0 Å². The molecular weight excluding hydrogens is 326 g/mol. The smallest absolute Gasteiger partial charge is 0.242 e. The van der Waals surface area contributed by atoms with Gasteiger partial charge in [-0.25, -0.2) is 0 Å². The van der Waals surface area contributed by atoms with Crippen LogP contribution in [0.25, 0.3) is 0 Å². The molecule has 0 aliphatic carbocycles. The predicted octanol–water partition coefficient (Wildman–Crippen LogP) is 1.70. The van der Waals surface area contributed by atoms with E-state index < -0.39 is 6.04 Å². The van der Waals surface area contributed by atoms with Crippen LogP contribution in [-0.4, -0.2) is 41.8 Å². The van der Waals surface area contributed by atoms with E-state index in [1.54, 1.807) is 6.92 Å². The number of benzene rings is 1. The molecule has 1 rings (SSSR count). The summed E-state index contributed by atoms with van der Waals surface area (Å²) in [6, 6.07) is 6.94. The van der Waals surface area contributed by atoms with Gasteiger partial charge < -0.3 is 16.0 Å². The molecule has 0 unspecified atom stereocenters. The van der Waals surface area contributed by atoms with Gasteiger partial charge in [-0.15, -0.1) is 11.8 Å². The molecule has 132 valence electrons. The monoisotopic (exact) mass is 351 g/mol. The Kier molecular flexibility index (Phi) is 8.93. The molecule has 0 aromatic heterocycles. The maximum atomic E-state index is 11.8. The van der Waals surface area contributed by atoms with Crippen molar-refractivity contribution in [2.75, 3.05) is 23.4 Å². The van der Waals surface area contributed by atoms with Crippen LogP contribution in [0.15, 0.2) is 24.3 Å². The highest BCUT2D eigenvalue weighted by Gasteiger charge is 2.15. The van der Waals surface area contributed by atoms with Crippen LogP contribution in [0.3, 0.4) is 0 Å². The van der Waals surface area contributed by atoms with Crippen molar-refractivity contribution in [3.63, 3.8) is 0 Å². The molecule has 0 saturated carbocycles. The lowest BCUT2D eigenvalue weighted by molar-refractivity contribution is -0.127. The zero-order valence-corrected chi connectivity index (χ0v) is 15.2. The van der Waals surface area contributed by atoms with Crippen molar-refractivity contribution in [1.29, 1.82) is 0 Å². The van der Waals surface area contributed by atoms with Crippen LogP contribution < -0.4 is 16.0 Å². The molecule has 0 spiro atoms. The molecule has 7 heteroatoms. The second-order valence-corrected chi connectivity index (χ2v) is 6.48. The van der Waals surface area contributed by atoms with Crippen molar-refractivity contribution < 1.29 is 14.4 Å². The number of amides is 3. The van der Waals surface area contributed by atoms with Crippen molar-refractivity contribution in [2.24, 2.45) is 0 Å². The number of carbonyl (C=O) groups excluding carboxylic acids is 3. The number of hydrogen-bond donors (Lipinski definition) is 3. The summed E-state index contributed by atoms with van der Waals surface area (Å²) < 4.78 is 0. The maximum Gasteiger partial charge on any atom is 0.242 e. The number of nitrogens with one attached hydrogen (secondary N) is 3. The summed E-state index contributed by atoms with van der Waals surface area (Å²) in [5.74, 6) is -0.313. The van der Waals surface area contributed by atoms with Crippen LogP contribution >= 0.6 is 11.8 Å². The molecule has 24 heavy (non-hydrogen) atoms. The first-order valence-corrected chi connectivity index (χ1v) is 9.09.